The second kappa shape index (κ2) is 22.2. The number of nitrogens with one attached hydrogen (secondary N) is 1. The van der Waals surface area contributed by atoms with Crippen molar-refractivity contribution in [2.75, 3.05) is 52.6 Å². The molecule has 0 spiro atoms. The molecule has 2 N–H and O–H groups in total. The summed E-state index contributed by atoms with van der Waals surface area (Å²) in [4.78, 5) is 16.0. The molecule has 1 aliphatic rings. The first-order valence-corrected chi connectivity index (χ1v) is 20.9. The third-order valence-corrected chi connectivity index (χ3v) is 10.8. The number of likely N-dealkylation sites (N-methyl/N-ethyl adjacent to an activating group) is 1. The molecule has 4 aromatic rings. The monoisotopic (exact) mass is 938 g/mol. The number of aliphatic hydroxyl groups excluding tert-OH is 1. The lowest BCUT2D eigenvalue weighted by molar-refractivity contribution is 0.103. The van der Waals surface area contributed by atoms with Crippen LogP contribution in [0.2, 0.25) is 0 Å². The lowest BCUT2D eigenvalue weighted by Crippen LogP contribution is -2.35. The highest BCUT2D eigenvalue weighted by Crippen LogP contribution is 2.35. The number of halogens is 2. The molecule has 1 unspecified atom stereocenters. The lowest BCUT2D eigenvalue weighted by Gasteiger charge is -2.19. The molecule has 0 amide bonds. The number of aryl methyl sites for hydroxylation is 1. The molecule has 0 aliphatic heterocycles. The zero-order chi connectivity index (χ0) is 37.5. The number of ketones is 1. The number of carbonyl (C=O) groups is 1. The van der Waals surface area contributed by atoms with Crippen molar-refractivity contribution in [3.8, 4) is 11.5 Å². The maximum Gasteiger partial charge on any atom is 0.198 e. The maximum atomic E-state index is 13.6. The van der Waals surface area contributed by atoms with Crippen molar-refractivity contribution < 1.29 is 28.5 Å². The Bertz CT molecular complexity index is 1670. The number of para-hydroxylation sites is 1. The summed E-state index contributed by atoms with van der Waals surface area (Å²) in [5, 5.41) is 13.9. The van der Waals surface area contributed by atoms with Gasteiger partial charge in [-0.15, -0.1) is 0 Å². The minimum absolute atomic E-state index is 0.00204. The van der Waals surface area contributed by atoms with Gasteiger partial charge in [0.05, 0.1) is 19.3 Å². The number of benzene rings is 3. The normalized spacial score (nSPS) is 13.3. The zero-order valence-corrected chi connectivity index (χ0v) is 35.7. The van der Waals surface area contributed by atoms with Crippen molar-refractivity contribution in [3.05, 3.63) is 90.3 Å². The molecule has 52 heavy (non-hydrogen) atoms. The summed E-state index contributed by atoms with van der Waals surface area (Å²) in [6, 6.07) is 20.1. The van der Waals surface area contributed by atoms with Gasteiger partial charge in [-0.3, -0.25) is 4.79 Å². The fourth-order valence-electron chi connectivity index (χ4n) is 5.64. The topological polar surface area (TPSA) is 93.4 Å². The lowest BCUT2D eigenvalue weighted by atomic mass is 9.98. The number of nitrogens with zero attached hydrogens (tertiary/aromatic N) is 1. The van der Waals surface area contributed by atoms with Crippen LogP contribution < -0.4 is 14.8 Å². The van der Waals surface area contributed by atoms with Gasteiger partial charge >= 0.3 is 0 Å². The molecule has 1 aliphatic carbocycles. The van der Waals surface area contributed by atoms with Crippen molar-refractivity contribution in [1.29, 1.82) is 0 Å². The van der Waals surface area contributed by atoms with Crippen molar-refractivity contribution in [2.24, 2.45) is 5.92 Å². The molecule has 0 saturated heterocycles. The second-order valence-corrected chi connectivity index (χ2v) is 15.8. The Hall–Kier alpha value is -2.23. The van der Waals surface area contributed by atoms with Gasteiger partial charge in [0.1, 0.15) is 42.2 Å². The van der Waals surface area contributed by atoms with Gasteiger partial charge in [0, 0.05) is 43.1 Å². The quantitative estimate of drug-likeness (QED) is 0.0487. The van der Waals surface area contributed by atoms with E-state index in [1.54, 1.807) is 0 Å². The van der Waals surface area contributed by atoms with Crippen molar-refractivity contribution >= 4 is 61.9 Å². The predicted molar refractivity (Wildman–Crippen MR) is 227 cm³/mol. The molecule has 1 aromatic heterocycles. The largest absolute Gasteiger partial charge is 0.491 e. The number of aliphatic hydroxyl groups is 1. The van der Waals surface area contributed by atoms with Gasteiger partial charge in [-0.25, -0.2) is 0 Å². The molecule has 1 heterocycles. The average molecular weight is 939 g/mol. The van der Waals surface area contributed by atoms with E-state index in [2.05, 4.69) is 102 Å². The zero-order valence-electron chi connectivity index (χ0n) is 31.4. The van der Waals surface area contributed by atoms with Crippen LogP contribution in [0.3, 0.4) is 0 Å². The Morgan fingerprint density at radius 1 is 0.962 bits per heavy atom. The van der Waals surface area contributed by atoms with Gasteiger partial charge in [-0.2, -0.15) is 0 Å². The Balaban J connectivity index is 0.000000244. The first kappa shape index (κ1) is 42.5. The summed E-state index contributed by atoms with van der Waals surface area (Å²) < 4.78 is 25.3. The van der Waals surface area contributed by atoms with Crippen LogP contribution >= 0.6 is 45.2 Å². The minimum Gasteiger partial charge on any atom is -0.491 e. The van der Waals surface area contributed by atoms with Crippen LogP contribution in [0.25, 0.3) is 11.0 Å². The Morgan fingerprint density at radius 3 is 2.37 bits per heavy atom. The van der Waals surface area contributed by atoms with Gasteiger partial charge in [-0.1, -0.05) is 65.0 Å². The standard InChI is InChI=1S/C24H27I2NO3.C18H29NO3/c1-4-9-20-21(16-10-7-8-11-19(16)30-20)23(28)17-12-13-18(25)24(22(17)26)29-15-14-27(5-2)6-3;1-14(2)19-11-17(20)13-22-18-7-5-15(6-8-18)9-10-21-12-16-3-4-16/h7-8,10-13H,4-6,9,14-15H2,1-3H3;5-8,14,16-17,19-20H,3-4,9-13H2,1-2H3. The Kier molecular flexibility index (Phi) is 18.2. The van der Waals surface area contributed by atoms with E-state index in [0.717, 1.165) is 93.4 Å². The summed E-state index contributed by atoms with van der Waals surface area (Å²) in [6.07, 6.45) is 4.79. The molecule has 284 valence electrons. The van der Waals surface area contributed by atoms with E-state index in [1.807, 2.05) is 48.5 Å². The highest BCUT2D eigenvalue weighted by Gasteiger charge is 2.25. The number of carbonyl (C=O) groups excluding carboxylic acids is 1. The Morgan fingerprint density at radius 2 is 1.69 bits per heavy atom. The summed E-state index contributed by atoms with van der Waals surface area (Å²) in [7, 11) is 0. The van der Waals surface area contributed by atoms with E-state index in [0.29, 0.717) is 36.9 Å². The summed E-state index contributed by atoms with van der Waals surface area (Å²) in [5.74, 6) is 3.18. The first-order chi connectivity index (χ1) is 25.1. The molecule has 10 heteroatoms. The molecular weight excluding hydrogens is 882 g/mol. The van der Waals surface area contributed by atoms with Gasteiger partial charge in [0.2, 0.25) is 0 Å². The Labute approximate surface area is 337 Å². The highest BCUT2D eigenvalue weighted by atomic mass is 127. The number of hydrogen-bond acceptors (Lipinski definition) is 8. The number of furan rings is 1. The molecule has 3 aromatic carbocycles. The molecule has 8 nitrogen and oxygen atoms in total. The van der Waals surface area contributed by atoms with E-state index in [4.69, 9.17) is 18.6 Å². The number of ether oxygens (including phenoxy) is 3. The van der Waals surface area contributed by atoms with Gasteiger partial charge in [0.25, 0.3) is 0 Å². The number of rotatable bonds is 21. The minimum atomic E-state index is -0.488. The third kappa shape index (κ3) is 13.3. The van der Waals surface area contributed by atoms with Crippen molar-refractivity contribution in [2.45, 2.75) is 78.9 Å². The van der Waals surface area contributed by atoms with Crippen LogP contribution in [0.4, 0.5) is 0 Å². The smallest absolute Gasteiger partial charge is 0.198 e. The molecule has 1 fully saturated rings. The first-order valence-electron chi connectivity index (χ1n) is 18.7. The van der Waals surface area contributed by atoms with Gasteiger partial charge in [-0.05, 0) is 126 Å². The number of fused-ring (bicyclic) bond motifs is 1. The van der Waals surface area contributed by atoms with Crippen LogP contribution in [0, 0.1) is 13.1 Å². The van der Waals surface area contributed by atoms with Crippen molar-refractivity contribution in [1.82, 2.24) is 10.2 Å². The van der Waals surface area contributed by atoms with Crippen LogP contribution in [0.1, 0.15) is 81.1 Å². The number of hydrogen-bond donors (Lipinski definition) is 2. The van der Waals surface area contributed by atoms with Crippen LogP contribution in [-0.2, 0) is 17.6 Å². The highest BCUT2D eigenvalue weighted by molar-refractivity contribution is 14.1. The molecule has 0 radical (unpaired) electrons. The van der Waals surface area contributed by atoms with E-state index in [9.17, 15) is 9.90 Å². The van der Waals surface area contributed by atoms with Crippen LogP contribution in [0.5, 0.6) is 11.5 Å². The summed E-state index contributed by atoms with van der Waals surface area (Å²) in [5.41, 5.74) is 3.36. The summed E-state index contributed by atoms with van der Waals surface area (Å²) >= 11 is 4.52. The maximum absolute atomic E-state index is 13.6. The average Bonchev–Trinajstić information content (AvgIpc) is 3.90. The second-order valence-electron chi connectivity index (χ2n) is 13.5. The van der Waals surface area contributed by atoms with Crippen LogP contribution in [-0.4, -0.2) is 80.5 Å². The molecular formula is C42H56I2N2O6. The summed E-state index contributed by atoms with van der Waals surface area (Å²) in [6.45, 7) is 16.5. The van der Waals surface area contributed by atoms with E-state index in [-0.39, 0.29) is 5.78 Å². The van der Waals surface area contributed by atoms with E-state index in [1.165, 1.54) is 18.4 Å². The SMILES string of the molecule is CC(C)NCC(O)COc1ccc(CCOCC2CC2)cc1.CCCc1oc2ccccc2c1C(=O)c1ccc(I)c(OCCN(CC)CC)c1I. The third-order valence-electron chi connectivity index (χ3n) is 8.93. The van der Waals surface area contributed by atoms with E-state index < -0.39 is 6.10 Å². The van der Waals surface area contributed by atoms with Crippen molar-refractivity contribution in [3.63, 3.8) is 0 Å². The fraction of sp³-hybridized carbons (Fsp3) is 0.500. The predicted octanol–water partition coefficient (Wildman–Crippen LogP) is 8.94. The molecule has 1 atom stereocenters. The fourth-order valence-corrected chi connectivity index (χ4v) is 7.63. The molecule has 0 bridgehead atoms. The van der Waals surface area contributed by atoms with Crippen LogP contribution in [0.15, 0.2) is 65.1 Å². The molecule has 5 rings (SSSR count). The van der Waals surface area contributed by atoms with Gasteiger partial charge < -0.3 is 34.0 Å². The van der Waals surface area contributed by atoms with E-state index >= 15 is 0 Å². The van der Waals surface area contributed by atoms with Gasteiger partial charge in [0.15, 0.2) is 5.78 Å². The molecule has 1 saturated carbocycles.